The second-order valence-electron chi connectivity index (χ2n) is 7.19. The van der Waals surface area contributed by atoms with Crippen LogP contribution in [0.4, 0.5) is 11.4 Å². The number of benzene rings is 3. The molecule has 1 aliphatic heterocycles. The van der Waals surface area contributed by atoms with E-state index >= 15 is 0 Å². The van der Waals surface area contributed by atoms with Crippen molar-refractivity contribution in [2.24, 2.45) is 4.99 Å². The van der Waals surface area contributed by atoms with Gasteiger partial charge < -0.3 is 4.90 Å². The van der Waals surface area contributed by atoms with Crippen LogP contribution in [-0.2, 0) is 4.79 Å². The Morgan fingerprint density at radius 1 is 1.03 bits per heavy atom. The number of amides is 1. The van der Waals surface area contributed by atoms with Gasteiger partial charge in [0, 0.05) is 31.7 Å². The molecule has 1 heterocycles. The smallest absolute Gasteiger partial charge is 0.267 e. The molecule has 3 aromatic rings. The number of amidine groups is 1. The largest absolute Gasteiger partial charge is 0.378 e. The average Bonchev–Trinajstić information content (AvgIpc) is 3.03. The molecule has 1 fully saturated rings. The molecule has 0 unspecified atom stereocenters. The van der Waals surface area contributed by atoms with E-state index in [1.165, 1.54) is 11.8 Å². The van der Waals surface area contributed by atoms with Crippen LogP contribution < -0.4 is 4.90 Å². The fraction of sp³-hybridized carbons (Fsp3) is 0.120. The van der Waals surface area contributed by atoms with Crippen molar-refractivity contribution in [1.82, 2.24) is 4.90 Å². The average molecular weight is 414 g/mol. The Balaban J connectivity index is 1.70. The number of fused-ring (bicyclic) bond motifs is 1. The lowest BCUT2D eigenvalue weighted by Crippen LogP contribution is -2.29. The number of hydrogen-bond acceptors (Lipinski definition) is 4. The number of aliphatic imine (C=N–C) groups is 1. The van der Waals surface area contributed by atoms with Gasteiger partial charge in [-0.3, -0.25) is 9.69 Å². The normalized spacial score (nSPS) is 16.6. The summed E-state index contributed by atoms with van der Waals surface area (Å²) in [4.78, 5) is 22.3. The van der Waals surface area contributed by atoms with Gasteiger partial charge in [-0.25, -0.2) is 4.99 Å². The minimum absolute atomic E-state index is 0.0458. The predicted octanol–water partition coefficient (Wildman–Crippen LogP) is 5.70. The Morgan fingerprint density at radius 2 is 1.77 bits per heavy atom. The monoisotopic (exact) mass is 413 g/mol. The first-order chi connectivity index (χ1) is 14.6. The van der Waals surface area contributed by atoms with Crippen LogP contribution in [0.5, 0.6) is 0 Å². The molecule has 0 N–H and O–H groups in total. The van der Waals surface area contributed by atoms with Gasteiger partial charge in [0.2, 0.25) is 0 Å². The molecule has 0 saturated carbocycles. The topological polar surface area (TPSA) is 35.9 Å². The zero-order valence-electron chi connectivity index (χ0n) is 17.1. The summed E-state index contributed by atoms with van der Waals surface area (Å²) in [7, 11) is 4.01. The van der Waals surface area contributed by atoms with Crippen LogP contribution in [0.3, 0.4) is 0 Å². The summed E-state index contributed by atoms with van der Waals surface area (Å²) < 4.78 is 0. The molecule has 1 saturated heterocycles. The number of rotatable bonds is 5. The van der Waals surface area contributed by atoms with Gasteiger partial charge in [0.1, 0.15) is 0 Å². The number of hydrogen-bond donors (Lipinski definition) is 0. The van der Waals surface area contributed by atoms with Crippen LogP contribution in [0.25, 0.3) is 16.8 Å². The maximum Gasteiger partial charge on any atom is 0.267 e. The van der Waals surface area contributed by atoms with Crippen molar-refractivity contribution in [3.63, 3.8) is 0 Å². The van der Waals surface area contributed by atoms with E-state index in [9.17, 15) is 4.79 Å². The predicted molar refractivity (Wildman–Crippen MR) is 129 cm³/mol. The first kappa shape index (κ1) is 20.0. The molecule has 150 valence electrons. The molecule has 0 bridgehead atoms. The van der Waals surface area contributed by atoms with Crippen LogP contribution in [0.15, 0.2) is 89.3 Å². The minimum Gasteiger partial charge on any atom is -0.378 e. The Hall–Kier alpha value is -3.31. The summed E-state index contributed by atoms with van der Waals surface area (Å²) >= 11 is 1.40. The molecule has 0 atom stereocenters. The third kappa shape index (κ3) is 4.02. The molecule has 5 heteroatoms. The van der Waals surface area contributed by atoms with Crippen molar-refractivity contribution < 1.29 is 4.79 Å². The molecule has 4 nitrogen and oxygen atoms in total. The molecule has 1 amide bonds. The van der Waals surface area contributed by atoms with E-state index in [0.29, 0.717) is 16.6 Å². The van der Waals surface area contributed by atoms with Gasteiger partial charge in [-0.15, -0.1) is 6.58 Å². The summed E-state index contributed by atoms with van der Waals surface area (Å²) in [6.45, 7) is 4.23. The van der Waals surface area contributed by atoms with Gasteiger partial charge in [-0.2, -0.15) is 0 Å². The van der Waals surface area contributed by atoms with Gasteiger partial charge >= 0.3 is 0 Å². The molecule has 0 spiro atoms. The fourth-order valence-electron chi connectivity index (χ4n) is 3.31. The molecule has 0 aliphatic carbocycles. The lowest BCUT2D eigenvalue weighted by molar-refractivity contribution is -0.121. The highest BCUT2D eigenvalue weighted by molar-refractivity contribution is 8.18. The highest BCUT2D eigenvalue weighted by Crippen LogP contribution is 2.36. The first-order valence-electron chi connectivity index (χ1n) is 9.73. The number of nitrogens with zero attached hydrogens (tertiary/aromatic N) is 3. The quantitative estimate of drug-likeness (QED) is 0.398. The van der Waals surface area contributed by atoms with Crippen LogP contribution in [-0.4, -0.2) is 36.6 Å². The third-order valence-corrected chi connectivity index (χ3v) is 5.90. The van der Waals surface area contributed by atoms with Crippen LogP contribution in [0.1, 0.15) is 5.56 Å². The lowest BCUT2D eigenvalue weighted by Gasteiger charge is -2.13. The number of thioether (sulfide) groups is 1. The maximum absolute atomic E-state index is 13.0. The van der Waals surface area contributed by atoms with E-state index in [1.54, 1.807) is 11.0 Å². The molecular formula is C25H23N3OS. The van der Waals surface area contributed by atoms with Crippen molar-refractivity contribution in [1.29, 1.82) is 0 Å². The highest BCUT2D eigenvalue weighted by atomic mass is 32.2. The molecular weight excluding hydrogens is 390 g/mol. The van der Waals surface area contributed by atoms with Crippen LogP contribution >= 0.6 is 11.8 Å². The van der Waals surface area contributed by atoms with Gasteiger partial charge in [0.15, 0.2) is 5.17 Å². The molecule has 1 aliphatic rings. The summed E-state index contributed by atoms with van der Waals surface area (Å²) in [6, 6.07) is 22.3. The summed E-state index contributed by atoms with van der Waals surface area (Å²) in [5.41, 5.74) is 2.96. The molecule has 30 heavy (non-hydrogen) atoms. The second kappa shape index (κ2) is 8.59. The van der Waals surface area contributed by atoms with Crippen molar-refractivity contribution in [3.8, 4) is 0 Å². The number of carbonyl (C=O) groups is 1. The third-order valence-electron chi connectivity index (χ3n) is 4.89. The van der Waals surface area contributed by atoms with Gasteiger partial charge in [-0.05, 0) is 47.0 Å². The van der Waals surface area contributed by atoms with Crippen molar-refractivity contribution in [2.45, 2.75) is 0 Å². The minimum atomic E-state index is -0.0458. The van der Waals surface area contributed by atoms with Crippen LogP contribution in [0, 0.1) is 0 Å². The van der Waals surface area contributed by atoms with Crippen molar-refractivity contribution >= 4 is 51.1 Å². The van der Waals surface area contributed by atoms with E-state index < -0.39 is 0 Å². The van der Waals surface area contributed by atoms with E-state index in [0.717, 1.165) is 27.7 Å². The zero-order chi connectivity index (χ0) is 21.1. The highest BCUT2D eigenvalue weighted by Gasteiger charge is 2.32. The number of carbonyl (C=O) groups excluding carboxylic acids is 1. The van der Waals surface area contributed by atoms with Gasteiger partial charge in [0.25, 0.3) is 5.91 Å². The van der Waals surface area contributed by atoms with Gasteiger partial charge in [0.05, 0.1) is 10.6 Å². The maximum atomic E-state index is 13.0. The summed E-state index contributed by atoms with van der Waals surface area (Å²) in [6.07, 6.45) is 3.65. The Morgan fingerprint density at radius 3 is 2.50 bits per heavy atom. The van der Waals surface area contributed by atoms with E-state index in [4.69, 9.17) is 4.99 Å². The van der Waals surface area contributed by atoms with Crippen molar-refractivity contribution in [2.75, 3.05) is 25.5 Å². The Labute approximate surface area is 181 Å². The van der Waals surface area contributed by atoms with Crippen molar-refractivity contribution in [3.05, 3.63) is 89.9 Å². The molecule has 0 aromatic heterocycles. The van der Waals surface area contributed by atoms with E-state index in [2.05, 4.69) is 24.8 Å². The Bertz CT molecular complexity index is 1160. The van der Waals surface area contributed by atoms with E-state index in [1.807, 2.05) is 73.6 Å². The lowest BCUT2D eigenvalue weighted by atomic mass is 10.1. The molecule has 0 radical (unpaired) electrons. The number of anilines is 1. The first-order valence-corrected chi connectivity index (χ1v) is 10.5. The SMILES string of the molecule is C=CCN1C(=O)/C(=C/c2ccc(N(C)C)cc2)SC1=Nc1cccc2ccccc12. The van der Waals surface area contributed by atoms with E-state index in [-0.39, 0.29) is 5.91 Å². The van der Waals surface area contributed by atoms with Gasteiger partial charge in [-0.1, -0.05) is 54.6 Å². The Kier molecular flexibility index (Phi) is 5.72. The summed E-state index contributed by atoms with van der Waals surface area (Å²) in [5, 5.41) is 2.86. The van der Waals surface area contributed by atoms with Crippen LogP contribution in [0.2, 0.25) is 0 Å². The fourth-order valence-corrected chi connectivity index (χ4v) is 4.31. The molecule has 4 rings (SSSR count). The second-order valence-corrected chi connectivity index (χ2v) is 8.20. The summed E-state index contributed by atoms with van der Waals surface area (Å²) in [5.74, 6) is -0.0458. The molecule has 3 aromatic carbocycles. The zero-order valence-corrected chi connectivity index (χ0v) is 17.9. The standard InChI is InChI=1S/C25H23N3OS/c1-4-16-28-24(29)23(17-18-12-14-20(15-13-18)27(2)3)30-25(28)26-22-11-7-9-19-8-5-6-10-21(19)22/h4-15,17H,1,16H2,2-3H3/b23-17-,26-25?.